The third kappa shape index (κ3) is 3.58. The fourth-order valence-corrected chi connectivity index (χ4v) is 2.83. The molecule has 2 rings (SSSR count). The minimum atomic E-state index is -0.768. The first-order chi connectivity index (χ1) is 11.8. The minimum Gasteiger partial charge on any atom is -0.493 e. The van der Waals surface area contributed by atoms with Crippen molar-refractivity contribution in [1.29, 1.82) is 0 Å². The molecule has 4 amide bonds. The third-order valence-corrected chi connectivity index (χ3v) is 4.21. The van der Waals surface area contributed by atoms with Gasteiger partial charge in [-0.2, -0.15) is 0 Å². The van der Waals surface area contributed by atoms with Crippen molar-refractivity contribution < 1.29 is 28.8 Å². The number of benzene rings is 1. The van der Waals surface area contributed by atoms with Crippen LogP contribution in [0.4, 0.5) is 4.79 Å². The monoisotopic (exact) mass is 350 g/mol. The highest BCUT2D eigenvalue weighted by Crippen LogP contribution is 2.29. The van der Waals surface area contributed by atoms with E-state index in [9.17, 15) is 14.4 Å². The van der Waals surface area contributed by atoms with Gasteiger partial charge in [-0.3, -0.25) is 14.5 Å². The largest absolute Gasteiger partial charge is 0.493 e. The molecule has 0 spiro atoms. The van der Waals surface area contributed by atoms with Gasteiger partial charge in [0.15, 0.2) is 18.2 Å². The first kappa shape index (κ1) is 18.7. The number of carbonyl (C=O) groups excluding carboxylic acids is 3. The Kier molecular flexibility index (Phi) is 5.63. The predicted molar refractivity (Wildman–Crippen MR) is 89.4 cm³/mol. The summed E-state index contributed by atoms with van der Waals surface area (Å²) in [5.41, 5.74) is 2.02. The summed E-state index contributed by atoms with van der Waals surface area (Å²) in [7, 11) is 5.01. The fourth-order valence-electron chi connectivity index (χ4n) is 2.83. The lowest BCUT2D eigenvalue weighted by Crippen LogP contribution is -3.09. The van der Waals surface area contributed by atoms with Crippen LogP contribution in [-0.2, 0) is 16.1 Å². The molecule has 1 aliphatic heterocycles. The molecular weight excluding hydrogens is 326 g/mol. The van der Waals surface area contributed by atoms with Crippen molar-refractivity contribution in [3.05, 3.63) is 23.3 Å². The van der Waals surface area contributed by atoms with E-state index < -0.39 is 17.8 Å². The molecule has 0 aliphatic carbocycles. The van der Waals surface area contributed by atoms with Crippen molar-refractivity contribution in [1.82, 2.24) is 9.80 Å². The maximum absolute atomic E-state index is 12.2. The van der Waals surface area contributed by atoms with E-state index in [-0.39, 0.29) is 13.2 Å². The topological polar surface area (TPSA) is 80.6 Å². The number of urea groups is 1. The molecule has 8 nitrogen and oxygen atoms in total. The predicted octanol–water partition coefficient (Wildman–Crippen LogP) is -0.205. The summed E-state index contributed by atoms with van der Waals surface area (Å²) >= 11 is 0. The summed E-state index contributed by atoms with van der Waals surface area (Å²) in [4.78, 5) is 38.8. The minimum absolute atomic E-state index is 0.119. The molecule has 1 atom stereocenters. The van der Waals surface area contributed by atoms with Gasteiger partial charge >= 0.3 is 17.8 Å². The Hall–Kier alpha value is -2.61. The maximum Gasteiger partial charge on any atom is 0.338 e. The summed E-state index contributed by atoms with van der Waals surface area (Å²) in [5.74, 6) is -0.259. The summed E-state index contributed by atoms with van der Waals surface area (Å²) in [5, 5.41) is 0. The number of nitrogens with one attached hydrogen (secondary N) is 1. The smallest absolute Gasteiger partial charge is 0.338 e. The van der Waals surface area contributed by atoms with Gasteiger partial charge in [0.2, 0.25) is 0 Å². The number of likely N-dealkylation sites (N-methyl/N-ethyl adjacent to an activating group) is 1. The highest BCUT2D eigenvalue weighted by Gasteiger charge is 2.44. The number of hydrogen-bond donors (Lipinski definition) is 1. The van der Waals surface area contributed by atoms with E-state index in [2.05, 4.69) is 0 Å². The van der Waals surface area contributed by atoms with Crippen molar-refractivity contribution in [3.63, 3.8) is 0 Å². The van der Waals surface area contributed by atoms with Crippen LogP contribution in [0.15, 0.2) is 12.1 Å². The Morgan fingerprint density at radius 3 is 2.08 bits per heavy atom. The average Bonchev–Trinajstić information content (AvgIpc) is 2.79. The van der Waals surface area contributed by atoms with E-state index in [1.807, 2.05) is 26.1 Å². The molecule has 0 saturated carbocycles. The van der Waals surface area contributed by atoms with Gasteiger partial charge in [-0.25, -0.2) is 9.69 Å². The second-order valence-electron chi connectivity index (χ2n) is 5.99. The molecule has 1 heterocycles. The Morgan fingerprint density at radius 1 is 1.00 bits per heavy atom. The molecule has 0 aromatic heterocycles. The third-order valence-electron chi connectivity index (χ3n) is 4.21. The molecule has 136 valence electrons. The van der Waals surface area contributed by atoms with Crippen molar-refractivity contribution >= 4 is 17.8 Å². The number of nitrogens with zero attached hydrogens (tertiary/aromatic N) is 2. The van der Waals surface area contributed by atoms with Gasteiger partial charge in [-0.15, -0.1) is 0 Å². The quantitative estimate of drug-likeness (QED) is 0.544. The number of methoxy groups -OCH3 is 2. The SMILES string of the molecule is CCN1C(=O)C(=O)N(C[NH+](C)Cc2cc(OC)c(OC)cc2C)C1=O. The van der Waals surface area contributed by atoms with Crippen LogP contribution in [-0.4, -0.2) is 62.1 Å². The van der Waals surface area contributed by atoms with E-state index in [0.29, 0.717) is 18.0 Å². The van der Waals surface area contributed by atoms with Gasteiger partial charge in [-0.05, 0) is 31.5 Å². The van der Waals surface area contributed by atoms with Gasteiger partial charge in [0.05, 0.1) is 21.3 Å². The zero-order valence-corrected chi connectivity index (χ0v) is 15.2. The van der Waals surface area contributed by atoms with Crippen molar-refractivity contribution in [2.75, 3.05) is 34.5 Å². The lowest BCUT2D eigenvalue weighted by molar-refractivity contribution is -0.901. The van der Waals surface area contributed by atoms with Gasteiger partial charge in [-0.1, -0.05) is 0 Å². The summed E-state index contributed by atoms with van der Waals surface area (Å²) in [6.45, 7) is 4.49. The zero-order valence-electron chi connectivity index (χ0n) is 15.2. The Labute approximate surface area is 146 Å². The second-order valence-corrected chi connectivity index (χ2v) is 5.99. The van der Waals surface area contributed by atoms with Crippen LogP contribution < -0.4 is 14.4 Å². The van der Waals surface area contributed by atoms with E-state index in [0.717, 1.165) is 25.8 Å². The average molecular weight is 350 g/mol. The summed E-state index contributed by atoms with van der Waals surface area (Å²) in [6.07, 6.45) is 0. The van der Waals surface area contributed by atoms with Crippen LogP contribution in [0.5, 0.6) is 11.5 Å². The van der Waals surface area contributed by atoms with Crippen LogP contribution in [0.25, 0.3) is 0 Å². The van der Waals surface area contributed by atoms with Gasteiger partial charge in [0.1, 0.15) is 6.54 Å². The first-order valence-electron chi connectivity index (χ1n) is 8.04. The van der Waals surface area contributed by atoms with Crippen LogP contribution >= 0.6 is 0 Å². The second kappa shape index (κ2) is 7.52. The molecule has 1 aromatic carbocycles. The van der Waals surface area contributed by atoms with Gasteiger partial charge in [0.25, 0.3) is 0 Å². The molecular formula is C17H24N3O5+. The highest BCUT2D eigenvalue weighted by atomic mass is 16.5. The maximum atomic E-state index is 12.2. The van der Waals surface area contributed by atoms with E-state index in [4.69, 9.17) is 9.47 Å². The van der Waals surface area contributed by atoms with Crippen molar-refractivity contribution in [3.8, 4) is 11.5 Å². The van der Waals surface area contributed by atoms with Crippen LogP contribution in [0, 0.1) is 6.92 Å². The number of ether oxygens (including phenoxy) is 2. The normalized spacial score (nSPS) is 15.8. The Morgan fingerprint density at radius 2 is 1.56 bits per heavy atom. The van der Waals surface area contributed by atoms with Crippen LogP contribution in [0.1, 0.15) is 18.1 Å². The van der Waals surface area contributed by atoms with E-state index >= 15 is 0 Å². The molecule has 25 heavy (non-hydrogen) atoms. The zero-order chi connectivity index (χ0) is 18.7. The fraction of sp³-hybridized carbons (Fsp3) is 0.471. The number of carbonyl (C=O) groups is 3. The molecule has 8 heteroatoms. The number of hydrogen-bond acceptors (Lipinski definition) is 5. The summed E-state index contributed by atoms with van der Waals surface area (Å²) in [6, 6.07) is 3.21. The standard InChI is InChI=1S/C17H23N3O5/c1-6-19-15(21)16(22)20(17(19)23)10-18(3)9-12-8-14(25-5)13(24-4)7-11(12)2/h7-8H,6,9-10H2,1-5H3/p+1. The number of amides is 4. The van der Waals surface area contributed by atoms with Crippen molar-refractivity contribution in [2.45, 2.75) is 20.4 Å². The number of rotatable bonds is 7. The lowest BCUT2D eigenvalue weighted by atomic mass is 10.1. The molecule has 1 unspecified atom stereocenters. The van der Waals surface area contributed by atoms with Gasteiger partial charge in [0, 0.05) is 12.1 Å². The number of aryl methyl sites for hydroxylation is 1. The van der Waals surface area contributed by atoms with E-state index in [1.54, 1.807) is 21.1 Å². The van der Waals surface area contributed by atoms with Crippen LogP contribution in [0.2, 0.25) is 0 Å². The molecule has 1 aliphatic rings. The van der Waals surface area contributed by atoms with Gasteiger partial charge < -0.3 is 14.4 Å². The number of imide groups is 2. The molecule has 1 N–H and O–H groups in total. The van der Waals surface area contributed by atoms with Crippen molar-refractivity contribution in [2.24, 2.45) is 0 Å². The molecule has 1 saturated heterocycles. The Bertz CT molecular complexity index is 704. The highest BCUT2D eigenvalue weighted by molar-refractivity contribution is 6.44. The first-order valence-corrected chi connectivity index (χ1v) is 8.04. The molecule has 1 aromatic rings. The molecule has 1 fully saturated rings. The Balaban J connectivity index is 2.13. The summed E-state index contributed by atoms with van der Waals surface area (Å²) < 4.78 is 10.6. The molecule has 0 bridgehead atoms. The lowest BCUT2D eigenvalue weighted by Gasteiger charge is -2.21. The van der Waals surface area contributed by atoms with E-state index in [1.165, 1.54) is 0 Å². The molecule has 0 radical (unpaired) electrons. The van der Waals surface area contributed by atoms with Crippen LogP contribution in [0.3, 0.4) is 0 Å². The number of quaternary nitrogens is 1.